The van der Waals surface area contributed by atoms with Gasteiger partial charge < -0.3 is 19.6 Å². The Balaban J connectivity index is 0.00000312. The second-order valence-corrected chi connectivity index (χ2v) is 5.33. The van der Waals surface area contributed by atoms with Gasteiger partial charge in [-0.15, -0.1) is 30.6 Å². The van der Waals surface area contributed by atoms with E-state index in [1.54, 1.807) is 12.3 Å². The van der Waals surface area contributed by atoms with Gasteiger partial charge in [-0.05, 0) is 18.6 Å². The SMILES string of the molecule is C=CCNC(=NCc1c(CC)noc1CC)NCCc1ccco1.I. The number of furan rings is 1. The lowest BCUT2D eigenvalue weighted by atomic mass is 10.1. The van der Waals surface area contributed by atoms with Crippen LogP contribution in [-0.2, 0) is 25.8 Å². The quantitative estimate of drug-likeness (QED) is 0.261. The van der Waals surface area contributed by atoms with Crippen molar-refractivity contribution in [3.8, 4) is 0 Å². The lowest BCUT2D eigenvalue weighted by Crippen LogP contribution is -2.38. The van der Waals surface area contributed by atoms with Crippen molar-refractivity contribution in [2.45, 2.75) is 39.7 Å². The number of aromatic nitrogens is 1. The molecule has 0 aromatic carbocycles. The van der Waals surface area contributed by atoms with Gasteiger partial charge >= 0.3 is 0 Å². The number of guanidine groups is 1. The van der Waals surface area contributed by atoms with Crippen molar-refractivity contribution >= 4 is 29.9 Å². The number of nitrogens with one attached hydrogen (secondary N) is 2. The number of aryl methyl sites for hydroxylation is 2. The van der Waals surface area contributed by atoms with Crippen molar-refractivity contribution < 1.29 is 8.94 Å². The van der Waals surface area contributed by atoms with Gasteiger partial charge in [0.05, 0.1) is 18.5 Å². The molecule has 0 saturated carbocycles. The van der Waals surface area contributed by atoms with Crippen LogP contribution in [-0.4, -0.2) is 24.2 Å². The Morgan fingerprint density at radius 2 is 2.16 bits per heavy atom. The molecule has 2 N–H and O–H groups in total. The monoisotopic (exact) mass is 458 g/mol. The molecule has 0 unspecified atom stereocenters. The van der Waals surface area contributed by atoms with E-state index in [1.807, 2.05) is 12.1 Å². The molecule has 0 atom stereocenters. The molecular formula is C18H27IN4O2. The standard InChI is InChI=1S/C18H26N4O2.HI/c1-4-10-19-18(20-11-9-14-8-7-12-23-14)21-13-15-16(5-2)22-24-17(15)6-3;/h4,7-8,12H,1,5-6,9-11,13H2,2-3H3,(H2,19,20,21);1H. The first-order chi connectivity index (χ1) is 11.8. The Morgan fingerprint density at radius 1 is 1.32 bits per heavy atom. The minimum absolute atomic E-state index is 0. The van der Waals surface area contributed by atoms with E-state index in [1.165, 1.54) is 0 Å². The van der Waals surface area contributed by atoms with Crippen LogP contribution in [0.3, 0.4) is 0 Å². The van der Waals surface area contributed by atoms with E-state index in [0.717, 1.165) is 54.5 Å². The van der Waals surface area contributed by atoms with Crippen LogP contribution in [0.2, 0.25) is 0 Å². The summed E-state index contributed by atoms with van der Waals surface area (Å²) in [6.07, 6.45) is 5.95. The van der Waals surface area contributed by atoms with Gasteiger partial charge in [-0.25, -0.2) is 4.99 Å². The largest absolute Gasteiger partial charge is 0.469 e. The third-order valence-electron chi connectivity index (χ3n) is 3.66. The first kappa shape index (κ1) is 21.3. The Labute approximate surface area is 166 Å². The van der Waals surface area contributed by atoms with E-state index in [9.17, 15) is 0 Å². The van der Waals surface area contributed by atoms with Crippen LogP contribution < -0.4 is 10.6 Å². The molecule has 0 aliphatic heterocycles. The number of halogens is 1. The summed E-state index contributed by atoms with van der Waals surface area (Å²) in [5.41, 5.74) is 2.07. The summed E-state index contributed by atoms with van der Waals surface area (Å²) in [6.45, 7) is 9.80. The topological polar surface area (TPSA) is 75.6 Å². The van der Waals surface area contributed by atoms with E-state index < -0.39 is 0 Å². The second kappa shape index (κ2) is 11.7. The maximum absolute atomic E-state index is 5.39. The molecule has 0 amide bonds. The van der Waals surface area contributed by atoms with E-state index in [-0.39, 0.29) is 24.0 Å². The van der Waals surface area contributed by atoms with Gasteiger partial charge in [0.15, 0.2) is 5.96 Å². The fourth-order valence-corrected chi connectivity index (χ4v) is 2.38. The maximum Gasteiger partial charge on any atom is 0.191 e. The van der Waals surface area contributed by atoms with Crippen molar-refractivity contribution in [2.75, 3.05) is 13.1 Å². The molecule has 2 rings (SSSR count). The maximum atomic E-state index is 5.39. The number of aliphatic imine (C=N–C) groups is 1. The highest BCUT2D eigenvalue weighted by atomic mass is 127. The number of hydrogen-bond donors (Lipinski definition) is 2. The van der Waals surface area contributed by atoms with Crippen LogP contribution in [0.5, 0.6) is 0 Å². The smallest absolute Gasteiger partial charge is 0.191 e. The summed E-state index contributed by atoms with van der Waals surface area (Å²) in [5.74, 6) is 2.60. The minimum Gasteiger partial charge on any atom is -0.469 e. The average molecular weight is 458 g/mol. The number of hydrogen-bond acceptors (Lipinski definition) is 4. The van der Waals surface area contributed by atoms with Crippen molar-refractivity contribution in [1.82, 2.24) is 15.8 Å². The van der Waals surface area contributed by atoms with Crippen LogP contribution in [0.15, 0.2) is 45.0 Å². The minimum atomic E-state index is 0. The Kier molecular flexibility index (Phi) is 9.98. The number of rotatable bonds is 9. The van der Waals surface area contributed by atoms with Gasteiger partial charge in [0.1, 0.15) is 11.5 Å². The van der Waals surface area contributed by atoms with Gasteiger partial charge in [0.25, 0.3) is 0 Å². The van der Waals surface area contributed by atoms with Crippen LogP contribution >= 0.6 is 24.0 Å². The van der Waals surface area contributed by atoms with Gasteiger partial charge in [-0.3, -0.25) is 0 Å². The second-order valence-electron chi connectivity index (χ2n) is 5.33. The molecule has 25 heavy (non-hydrogen) atoms. The fraction of sp³-hybridized carbons (Fsp3) is 0.444. The Morgan fingerprint density at radius 3 is 2.80 bits per heavy atom. The molecule has 7 heteroatoms. The van der Waals surface area contributed by atoms with Crippen molar-refractivity contribution in [2.24, 2.45) is 4.99 Å². The van der Waals surface area contributed by atoms with Crippen LogP contribution in [0.1, 0.15) is 36.6 Å². The van der Waals surface area contributed by atoms with Crippen molar-refractivity contribution in [3.05, 3.63) is 53.8 Å². The summed E-state index contributed by atoms with van der Waals surface area (Å²) < 4.78 is 10.7. The molecule has 138 valence electrons. The average Bonchev–Trinajstić information content (AvgIpc) is 3.25. The molecule has 0 bridgehead atoms. The van der Waals surface area contributed by atoms with Gasteiger partial charge in [0.2, 0.25) is 0 Å². The molecule has 2 aromatic heterocycles. The molecule has 0 spiro atoms. The molecule has 0 aliphatic rings. The van der Waals surface area contributed by atoms with E-state index in [0.29, 0.717) is 13.1 Å². The Bertz CT molecular complexity index is 629. The molecule has 0 fully saturated rings. The molecule has 0 radical (unpaired) electrons. The van der Waals surface area contributed by atoms with Crippen LogP contribution in [0.4, 0.5) is 0 Å². The van der Waals surface area contributed by atoms with E-state index >= 15 is 0 Å². The molecule has 2 heterocycles. The molecule has 2 aromatic rings. The molecular weight excluding hydrogens is 431 g/mol. The lowest BCUT2D eigenvalue weighted by molar-refractivity contribution is 0.380. The summed E-state index contributed by atoms with van der Waals surface area (Å²) in [5, 5.41) is 10.7. The third kappa shape index (κ3) is 6.56. The summed E-state index contributed by atoms with van der Waals surface area (Å²) in [7, 11) is 0. The highest BCUT2D eigenvalue weighted by molar-refractivity contribution is 14.0. The van der Waals surface area contributed by atoms with Gasteiger partial charge in [0, 0.05) is 31.5 Å². The third-order valence-corrected chi connectivity index (χ3v) is 3.66. The van der Waals surface area contributed by atoms with Gasteiger partial charge in [-0.1, -0.05) is 25.1 Å². The van der Waals surface area contributed by atoms with E-state index in [4.69, 9.17) is 8.94 Å². The summed E-state index contributed by atoms with van der Waals surface area (Å²) in [6, 6.07) is 3.86. The predicted octanol–water partition coefficient (Wildman–Crippen LogP) is 3.47. The molecule has 0 saturated heterocycles. The van der Waals surface area contributed by atoms with E-state index in [2.05, 4.69) is 41.2 Å². The highest BCUT2D eigenvalue weighted by Gasteiger charge is 2.13. The molecule has 0 aliphatic carbocycles. The Hall–Kier alpha value is -1.77. The molecule has 6 nitrogen and oxygen atoms in total. The zero-order valence-electron chi connectivity index (χ0n) is 14.9. The van der Waals surface area contributed by atoms with Crippen molar-refractivity contribution in [3.63, 3.8) is 0 Å². The predicted molar refractivity (Wildman–Crippen MR) is 110 cm³/mol. The first-order valence-corrected chi connectivity index (χ1v) is 8.40. The first-order valence-electron chi connectivity index (χ1n) is 8.40. The normalized spacial score (nSPS) is 11.0. The highest BCUT2D eigenvalue weighted by Crippen LogP contribution is 2.16. The zero-order chi connectivity index (χ0) is 17.2. The fourth-order valence-electron chi connectivity index (χ4n) is 2.38. The summed E-state index contributed by atoms with van der Waals surface area (Å²) in [4.78, 5) is 4.66. The van der Waals surface area contributed by atoms with Crippen molar-refractivity contribution in [1.29, 1.82) is 0 Å². The lowest BCUT2D eigenvalue weighted by Gasteiger charge is -2.11. The van der Waals surface area contributed by atoms with Crippen LogP contribution in [0, 0.1) is 0 Å². The number of nitrogens with zero attached hydrogens (tertiary/aromatic N) is 2. The zero-order valence-corrected chi connectivity index (χ0v) is 17.2. The van der Waals surface area contributed by atoms with Crippen LogP contribution in [0.25, 0.3) is 0 Å². The van der Waals surface area contributed by atoms with Gasteiger partial charge in [-0.2, -0.15) is 0 Å². The summed E-state index contributed by atoms with van der Waals surface area (Å²) >= 11 is 0.